The third-order valence-electron chi connectivity index (χ3n) is 6.42. The number of likely N-dealkylation sites (tertiary alicyclic amines) is 2. The molecule has 2 amide bonds. The van der Waals surface area contributed by atoms with E-state index in [4.69, 9.17) is 0 Å². The predicted molar refractivity (Wildman–Crippen MR) is 120 cm³/mol. The Morgan fingerprint density at radius 2 is 1.81 bits per heavy atom. The van der Waals surface area contributed by atoms with E-state index in [0.29, 0.717) is 32.5 Å². The van der Waals surface area contributed by atoms with Crippen molar-refractivity contribution in [1.29, 1.82) is 0 Å². The first-order valence-electron chi connectivity index (χ1n) is 11.3. The van der Waals surface area contributed by atoms with Gasteiger partial charge in [-0.1, -0.05) is 30.3 Å². The van der Waals surface area contributed by atoms with Crippen LogP contribution in [-0.2, 0) is 29.2 Å². The summed E-state index contributed by atoms with van der Waals surface area (Å²) in [6.45, 7) is 4.80. The molecule has 6 nitrogen and oxygen atoms in total. The fourth-order valence-electron chi connectivity index (χ4n) is 4.65. The molecule has 0 bridgehead atoms. The van der Waals surface area contributed by atoms with Crippen LogP contribution in [0.5, 0.6) is 0 Å². The van der Waals surface area contributed by atoms with E-state index in [1.54, 1.807) is 11.1 Å². The van der Waals surface area contributed by atoms with Gasteiger partial charge in [0.25, 0.3) is 0 Å². The summed E-state index contributed by atoms with van der Waals surface area (Å²) in [5.74, 6) is 0.0694. The van der Waals surface area contributed by atoms with Crippen LogP contribution in [0.15, 0.2) is 48.7 Å². The zero-order chi connectivity index (χ0) is 21.6. The molecular formula is C25H32N4O2. The maximum Gasteiger partial charge on any atom is 0.227 e. The number of carbonyl (C=O) groups excluding carboxylic acids is 2. The maximum atomic E-state index is 13.2. The normalized spacial score (nSPS) is 19.6. The lowest BCUT2D eigenvalue weighted by atomic mass is 9.95. The Kier molecular flexibility index (Phi) is 6.97. The summed E-state index contributed by atoms with van der Waals surface area (Å²) in [5, 5.41) is 0. The second-order valence-corrected chi connectivity index (χ2v) is 8.78. The molecule has 2 saturated heterocycles. The van der Waals surface area contributed by atoms with Gasteiger partial charge in [0.05, 0.1) is 18.2 Å². The molecule has 1 aromatic carbocycles. The smallest absolute Gasteiger partial charge is 0.227 e. The zero-order valence-electron chi connectivity index (χ0n) is 18.4. The van der Waals surface area contributed by atoms with E-state index in [1.807, 2.05) is 30.1 Å². The Bertz CT molecular complexity index is 895. The number of hydrogen-bond donors (Lipinski definition) is 0. The van der Waals surface area contributed by atoms with Crippen LogP contribution in [0.1, 0.15) is 42.5 Å². The van der Waals surface area contributed by atoms with Crippen LogP contribution in [0.3, 0.4) is 0 Å². The molecule has 3 heterocycles. The van der Waals surface area contributed by atoms with E-state index >= 15 is 0 Å². The molecule has 2 aromatic rings. The number of rotatable bonds is 7. The van der Waals surface area contributed by atoms with Crippen LogP contribution in [-0.4, -0.2) is 58.2 Å². The van der Waals surface area contributed by atoms with Gasteiger partial charge in [-0.3, -0.25) is 19.5 Å². The maximum absolute atomic E-state index is 13.2. The third kappa shape index (κ3) is 5.50. The quantitative estimate of drug-likeness (QED) is 0.691. The lowest BCUT2D eigenvalue weighted by Gasteiger charge is -2.34. The first-order chi connectivity index (χ1) is 15.1. The minimum absolute atomic E-state index is 0.105. The molecule has 1 atom stereocenters. The molecule has 0 saturated carbocycles. The molecule has 0 spiro atoms. The van der Waals surface area contributed by atoms with E-state index in [-0.39, 0.29) is 17.7 Å². The van der Waals surface area contributed by atoms with E-state index in [0.717, 1.165) is 25.3 Å². The highest BCUT2D eigenvalue weighted by molar-refractivity contribution is 5.83. The van der Waals surface area contributed by atoms with Crippen molar-refractivity contribution in [3.05, 3.63) is 65.5 Å². The van der Waals surface area contributed by atoms with Crippen molar-refractivity contribution >= 4 is 11.8 Å². The van der Waals surface area contributed by atoms with Crippen LogP contribution < -0.4 is 0 Å². The Labute approximate surface area is 184 Å². The van der Waals surface area contributed by atoms with Gasteiger partial charge in [0.15, 0.2) is 0 Å². The van der Waals surface area contributed by atoms with Gasteiger partial charge in [-0.25, -0.2) is 0 Å². The van der Waals surface area contributed by atoms with Crippen molar-refractivity contribution in [2.75, 3.05) is 26.7 Å². The number of piperidine rings is 1. The molecule has 2 aliphatic heterocycles. The van der Waals surface area contributed by atoms with Gasteiger partial charge >= 0.3 is 0 Å². The molecule has 0 radical (unpaired) electrons. The molecule has 2 fully saturated rings. The second-order valence-electron chi connectivity index (χ2n) is 8.78. The molecule has 1 unspecified atom stereocenters. The van der Waals surface area contributed by atoms with Gasteiger partial charge in [-0.2, -0.15) is 0 Å². The van der Waals surface area contributed by atoms with Crippen molar-refractivity contribution in [2.24, 2.45) is 5.92 Å². The molecule has 1 aromatic heterocycles. The van der Waals surface area contributed by atoms with Gasteiger partial charge in [0.1, 0.15) is 0 Å². The zero-order valence-corrected chi connectivity index (χ0v) is 18.4. The lowest BCUT2D eigenvalue weighted by Crippen LogP contribution is -2.45. The summed E-state index contributed by atoms with van der Waals surface area (Å²) < 4.78 is 0. The van der Waals surface area contributed by atoms with Crippen molar-refractivity contribution in [1.82, 2.24) is 19.7 Å². The summed E-state index contributed by atoms with van der Waals surface area (Å²) in [7, 11) is 1.88. The standard InChI is InChI=1S/C25H32N4O2/c1-27(16-20-8-2-3-9-21(20)17-28-14-6-7-15-28)25(31)22-11-12-24(30)29(18-22)19-23-10-4-5-13-26-23/h2-5,8-10,13,22H,6-7,11-12,14-19H2,1H3. The number of pyridine rings is 1. The number of amides is 2. The number of hydrogen-bond acceptors (Lipinski definition) is 4. The van der Waals surface area contributed by atoms with E-state index in [1.165, 1.54) is 24.0 Å². The minimum atomic E-state index is -0.155. The molecule has 164 valence electrons. The topological polar surface area (TPSA) is 56.8 Å². The van der Waals surface area contributed by atoms with Crippen LogP contribution in [0.2, 0.25) is 0 Å². The first kappa shape index (κ1) is 21.5. The van der Waals surface area contributed by atoms with Gasteiger partial charge in [0.2, 0.25) is 11.8 Å². The van der Waals surface area contributed by atoms with Crippen molar-refractivity contribution in [3.8, 4) is 0 Å². The Morgan fingerprint density at radius 3 is 2.55 bits per heavy atom. The molecule has 31 heavy (non-hydrogen) atoms. The number of benzene rings is 1. The summed E-state index contributed by atoms with van der Waals surface area (Å²) in [5.41, 5.74) is 3.37. The molecule has 2 aliphatic rings. The first-order valence-corrected chi connectivity index (χ1v) is 11.3. The molecule has 6 heteroatoms. The summed E-state index contributed by atoms with van der Waals surface area (Å²) in [4.78, 5) is 36.1. The van der Waals surface area contributed by atoms with Crippen molar-refractivity contribution in [3.63, 3.8) is 0 Å². The molecular weight excluding hydrogens is 388 g/mol. The fraction of sp³-hybridized carbons (Fsp3) is 0.480. The van der Waals surface area contributed by atoms with Crippen LogP contribution in [0.4, 0.5) is 0 Å². The largest absolute Gasteiger partial charge is 0.341 e. The summed E-state index contributed by atoms with van der Waals surface area (Å²) in [6, 6.07) is 14.2. The average Bonchev–Trinajstić information content (AvgIpc) is 3.30. The molecule has 0 N–H and O–H groups in total. The van der Waals surface area contributed by atoms with E-state index in [9.17, 15) is 9.59 Å². The monoisotopic (exact) mass is 420 g/mol. The van der Waals surface area contributed by atoms with E-state index in [2.05, 4.69) is 34.1 Å². The van der Waals surface area contributed by atoms with Gasteiger partial charge in [-0.15, -0.1) is 0 Å². The highest BCUT2D eigenvalue weighted by Gasteiger charge is 2.32. The van der Waals surface area contributed by atoms with Crippen LogP contribution >= 0.6 is 0 Å². The van der Waals surface area contributed by atoms with Crippen LogP contribution in [0, 0.1) is 5.92 Å². The SMILES string of the molecule is CN(Cc1ccccc1CN1CCCC1)C(=O)C1CCC(=O)N(Cc2ccccn2)C1. The van der Waals surface area contributed by atoms with Gasteiger partial charge < -0.3 is 9.80 Å². The fourth-order valence-corrected chi connectivity index (χ4v) is 4.65. The van der Waals surface area contributed by atoms with Gasteiger partial charge in [-0.05, 0) is 55.6 Å². The van der Waals surface area contributed by atoms with Crippen LogP contribution in [0.25, 0.3) is 0 Å². The second kappa shape index (κ2) is 10.1. The molecule has 4 rings (SSSR count). The number of carbonyl (C=O) groups is 2. The Morgan fingerprint density at radius 1 is 1.06 bits per heavy atom. The lowest BCUT2D eigenvalue weighted by molar-refractivity contribution is -0.143. The van der Waals surface area contributed by atoms with Crippen molar-refractivity contribution in [2.45, 2.75) is 45.3 Å². The van der Waals surface area contributed by atoms with Gasteiger partial charge in [0, 0.05) is 39.3 Å². The summed E-state index contributed by atoms with van der Waals surface area (Å²) in [6.07, 6.45) is 5.32. The van der Waals surface area contributed by atoms with E-state index < -0.39 is 0 Å². The predicted octanol–water partition coefficient (Wildman–Crippen LogP) is 3.07. The minimum Gasteiger partial charge on any atom is -0.341 e. The molecule has 0 aliphatic carbocycles. The highest BCUT2D eigenvalue weighted by Crippen LogP contribution is 2.23. The number of aromatic nitrogens is 1. The third-order valence-corrected chi connectivity index (χ3v) is 6.42. The average molecular weight is 421 g/mol. The Balaban J connectivity index is 1.38. The Hall–Kier alpha value is -2.73. The highest BCUT2D eigenvalue weighted by atomic mass is 16.2. The van der Waals surface area contributed by atoms with Crippen molar-refractivity contribution < 1.29 is 9.59 Å². The summed E-state index contributed by atoms with van der Waals surface area (Å²) >= 11 is 0. The number of nitrogens with zero attached hydrogens (tertiary/aromatic N) is 4.